The Balaban J connectivity index is 1.53. The number of hydrogen-bond donors (Lipinski definition) is 2. The third-order valence-electron chi connectivity index (χ3n) is 5.54. The van der Waals surface area contributed by atoms with Crippen LogP contribution in [0.1, 0.15) is 43.6 Å². The van der Waals surface area contributed by atoms with Gasteiger partial charge in [-0.15, -0.1) is 0 Å². The van der Waals surface area contributed by atoms with E-state index < -0.39 is 11.6 Å². The molecule has 2 aromatic rings. The zero-order valence-electron chi connectivity index (χ0n) is 16.3. The molecule has 0 unspecified atom stereocenters. The first-order chi connectivity index (χ1) is 13.5. The standard InChI is InChI=1S/C22H27F2N3O/c1-27(2)19-10-7-17(8-11-19)16-5-3-15(4-6-16)13-22(26-28)25-18-9-12-20(23)21(24)14-18/h7-12,14-16,28H,3-6,13H2,1-2H3,(H,25,26)/t15-,16+. The van der Waals surface area contributed by atoms with Crippen LogP contribution in [0.2, 0.25) is 0 Å². The molecule has 1 aliphatic rings. The van der Waals surface area contributed by atoms with Crippen LogP contribution < -0.4 is 10.2 Å². The van der Waals surface area contributed by atoms with E-state index in [2.05, 4.69) is 39.6 Å². The van der Waals surface area contributed by atoms with Crippen molar-refractivity contribution in [2.75, 3.05) is 24.3 Å². The smallest absolute Gasteiger partial charge is 0.160 e. The Labute approximate surface area is 164 Å². The summed E-state index contributed by atoms with van der Waals surface area (Å²) in [4.78, 5) is 2.09. The average molecular weight is 387 g/mol. The van der Waals surface area contributed by atoms with Crippen molar-refractivity contribution in [3.05, 3.63) is 59.7 Å². The van der Waals surface area contributed by atoms with Crippen LogP contribution in [-0.4, -0.2) is 25.1 Å². The topological polar surface area (TPSA) is 47.9 Å². The number of nitrogens with one attached hydrogen (secondary N) is 1. The number of oxime groups is 1. The zero-order chi connectivity index (χ0) is 20.1. The minimum absolute atomic E-state index is 0.376. The predicted molar refractivity (Wildman–Crippen MR) is 109 cm³/mol. The molecule has 1 saturated carbocycles. The van der Waals surface area contributed by atoms with Crippen molar-refractivity contribution in [3.8, 4) is 0 Å². The highest BCUT2D eigenvalue weighted by molar-refractivity contribution is 5.95. The van der Waals surface area contributed by atoms with Gasteiger partial charge in [-0.2, -0.15) is 0 Å². The van der Waals surface area contributed by atoms with Crippen molar-refractivity contribution >= 4 is 17.2 Å². The first-order valence-corrected chi connectivity index (χ1v) is 9.66. The molecule has 0 atom stereocenters. The van der Waals surface area contributed by atoms with E-state index in [1.165, 1.54) is 17.3 Å². The van der Waals surface area contributed by atoms with E-state index in [9.17, 15) is 14.0 Å². The van der Waals surface area contributed by atoms with Gasteiger partial charge < -0.3 is 15.4 Å². The zero-order valence-corrected chi connectivity index (χ0v) is 16.3. The Morgan fingerprint density at radius 3 is 2.29 bits per heavy atom. The molecule has 0 bridgehead atoms. The molecule has 0 aliphatic heterocycles. The van der Waals surface area contributed by atoms with Crippen LogP contribution >= 0.6 is 0 Å². The highest BCUT2D eigenvalue weighted by Gasteiger charge is 2.24. The van der Waals surface area contributed by atoms with Crippen molar-refractivity contribution < 1.29 is 14.0 Å². The van der Waals surface area contributed by atoms with Crippen LogP contribution in [0, 0.1) is 17.6 Å². The van der Waals surface area contributed by atoms with Crippen molar-refractivity contribution in [2.45, 2.75) is 38.0 Å². The first kappa shape index (κ1) is 20.1. The number of hydrogen-bond acceptors (Lipinski definition) is 3. The van der Waals surface area contributed by atoms with Gasteiger partial charge in [-0.3, -0.25) is 0 Å². The molecule has 2 aromatic carbocycles. The van der Waals surface area contributed by atoms with E-state index >= 15 is 0 Å². The molecule has 3 rings (SSSR count). The van der Waals surface area contributed by atoms with E-state index in [4.69, 9.17) is 0 Å². The average Bonchev–Trinajstić information content (AvgIpc) is 2.71. The lowest BCUT2D eigenvalue weighted by molar-refractivity contribution is 0.306. The van der Waals surface area contributed by atoms with Crippen LogP contribution in [0.4, 0.5) is 20.2 Å². The maximum absolute atomic E-state index is 13.3. The Bertz CT molecular complexity index is 813. The molecule has 0 radical (unpaired) electrons. The Morgan fingerprint density at radius 2 is 1.71 bits per heavy atom. The number of nitrogens with zero attached hydrogens (tertiary/aromatic N) is 2. The minimum Gasteiger partial charge on any atom is -0.409 e. The van der Waals surface area contributed by atoms with Gasteiger partial charge in [0.25, 0.3) is 0 Å². The highest BCUT2D eigenvalue weighted by Crippen LogP contribution is 2.37. The van der Waals surface area contributed by atoms with Crippen molar-refractivity contribution in [1.82, 2.24) is 0 Å². The third kappa shape index (κ3) is 5.00. The fourth-order valence-electron chi connectivity index (χ4n) is 3.88. The molecule has 4 nitrogen and oxygen atoms in total. The summed E-state index contributed by atoms with van der Waals surface area (Å²) in [6, 6.07) is 12.3. The van der Waals surface area contributed by atoms with Crippen LogP contribution in [0.5, 0.6) is 0 Å². The number of amidine groups is 1. The van der Waals surface area contributed by atoms with Gasteiger partial charge in [0.05, 0.1) is 0 Å². The summed E-state index contributed by atoms with van der Waals surface area (Å²) in [6.45, 7) is 0. The molecule has 2 N–H and O–H groups in total. The summed E-state index contributed by atoms with van der Waals surface area (Å²) < 4.78 is 26.4. The second kappa shape index (κ2) is 9.04. The number of benzene rings is 2. The number of anilines is 2. The molecule has 6 heteroatoms. The third-order valence-corrected chi connectivity index (χ3v) is 5.54. The molecular weight excluding hydrogens is 360 g/mol. The van der Waals surface area contributed by atoms with E-state index in [1.54, 1.807) is 0 Å². The van der Waals surface area contributed by atoms with Crippen LogP contribution in [-0.2, 0) is 0 Å². The second-order valence-corrected chi connectivity index (χ2v) is 7.71. The lowest BCUT2D eigenvalue weighted by Crippen LogP contribution is -2.21. The largest absolute Gasteiger partial charge is 0.409 e. The number of rotatable bonds is 5. The molecule has 0 saturated heterocycles. The molecule has 28 heavy (non-hydrogen) atoms. The molecule has 0 spiro atoms. The molecule has 150 valence electrons. The van der Waals surface area contributed by atoms with E-state index in [1.807, 2.05) is 14.1 Å². The molecular formula is C22H27F2N3O. The van der Waals surface area contributed by atoms with Crippen LogP contribution in [0.3, 0.4) is 0 Å². The van der Waals surface area contributed by atoms with Crippen molar-refractivity contribution in [2.24, 2.45) is 11.1 Å². The molecule has 0 heterocycles. The van der Waals surface area contributed by atoms with E-state index in [0.717, 1.165) is 37.8 Å². The van der Waals surface area contributed by atoms with Gasteiger partial charge in [0, 0.05) is 38.0 Å². The molecule has 1 aliphatic carbocycles. The van der Waals surface area contributed by atoms with Crippen molar-refractivity contribution in [1.29, 1.82) is 0 Å². The maximum atomic E-state index is 13.3. The first-order valence-electron chi connectivity index (χ1n) is 9.66. The van der Waals surface area contributed by atoms with Gasteiger partial charge in [0.15, 0.2) is 11.6 Å². The van der Waals surface area contributed by atoms with E-state index in [-0.39, 0.29) is 0 Å². The lowest BCUT2D eigenvalue weighted by atomic mass is 9.77. The normalized spacial score (nSPS) is 20.1. The SMILES string of the molecule is CN(C)c1ccc([C@H]2CC[C@@H](CC(=NO)Nc3ccc(F)c(F)c3)CC2)cc1. The summed E-state index contributed by atoms with van der Waals surface area (Å²) in [6.07, 6.45) is 4.85. The van der Waals surface area contributed by atoms with Crippen LogP contribution in [0.15, 0.2) is 47.6 Å². The Hall–Kier alpha value is -2.63. The molecule has 0 aromatic heterocycles. The summed E-state index contributed by atoms with van der Waals surface area (Å²) in [5, 5.41) is 15.5. The van der Waals surface area contributed by atoms with Crippen molar-refractivity contribution in [3.63, 3.8) is 0 Å². The fraction of sp³-hybridized carbons (Fsp3) is 0.409. The molecule has 1 fully saturated rings. The Kier molecular flexibility index (Phi) is 6.49. The minimum atomic E-state index is -0.928. The number of halogens is 2. The quantitative estimate of drug-likeness (QED) is 0.304. The highest BCUT2D eigenvalue weighted by atomic mass is 19.2. The second-order valence-electron chi connectivity index (χ2n) is 7.71. The van der Waals surface area contributed by atoms with Gasteiger partial charge in [0.1, 0.15) is 5.84 Å². The predicted octanol–water partition coefficient (Wildman–Crippen LogP) is 5.59. The van der Waals surface area contributed by atoms with Crippen LogP contribution in [0.25, 0.3) is 0 Å². The van der Waals surface area contributed by atoms with Gasteiger partial charge in [-0.25, -0.2) is 8.78 Å². The molecule has 0 amide bonds. The van der Waals surface area contributed by atoms with Gasteiger partial charge in [-0.1, -0.05) is 17.3 Å². The monoisotopic (exact) mass is 387 g/mol. The summed E-state index contributed by atoms with van der Waals surface area (Å²) >= 11 is 0. The fourth-order valence-corrected chi connectivity index (χ4v) is 3.88. The van der Waals surface area contributed by atoms with E-state index in [0.29, 0.717) is 29.8 Å². The van der Waals surface area contributed by atoms with Gasteiger partial charge in [-0.05, 0) is 67.3 Å². The van der Waals surface area contributed by atoms with Gasteiger partial charge in [0.2, 0.25) is 0 Å². The maximum Gasteiger partial charge on any atom is 0.160 e. The van der Waals surface area contributed by atoms with Gasteiger partial charge >= 0.3 is 0 Å². The Morgan fingerprint density at radius 1 is 1.04 bits per heavy atom. The summed E-state index contributed by atoms with van der Waals surface area (Å²) in [5.74, 6) is -0.486. The summed E-state index contributed by atoms with van der Waals surface area (Å²) in [5.41, 5.74) is 2.95. The lowest BCUT2D eigenvalue weighted by Gasteiger charge is -2.29. The summed E-state index contributed by atoms with van der Waals surface area (Å²) in [7, 11) is 4.07.